The third-order valence-corrected chi connectivity index (χ3v) is 4.93. The number of carboxylic acid groups (broad SMARTS) is 1. The molecule has 2 aromatic carbocycles. The first-order valence-corrected chi connectivity index (χ1v) is 9.55. The van der Waals surface area contributed by atoms with Crippen molar-refractivity contribution in [3.8, 4) is 23.5 Å². The second kappa shape index (κ2) is 9.61. The van der Waals surface area contributed by atoms with Gasteiger partial charge in [-0.25, -0.2) is 9.59 Å². The van der Waals surface area contributed by atoms with E-state index < -0.39 is 18.1 Å². The number of terminal acetylenes is 1. The molecule has 3 N–H and O–H groups in total. The minimum Gasteiger partial charge on any atom is -0.480 e. The summed E-state index contributed by atoms with van der Waals surface area (Å²) in [5.74, 6) is 0.544. The number of carbonyl (C=O) groups is 3. The highest BCUT2D eigenvalue weighted by molar-refractivity contribution is 5.82. The molecule has 30 heavy (non-hydrogen) atoms. The van der Waals surface area contributed by atoms with E-state index in [1.54, 1.807) is 0 Å². The summed E-state index contributed by atoms with van der Waals surface area (Å²) in [6, 6.07) is 14.5. The molecule has 0 heterocycles. The largest absolute Gasteiger partial charge is 0.480 e. The van der Waals surface area contributed by atoms with Crippen molar-refractivity contribution >= 4 is 18.0 Å². The van der Waals surface area contributed by atoms with Crippen molar-refractivity contribution in [1.82, 2.24) is 10.6 Å². The molecule has 3 rings (SSSR count). The fourth-order valence-electron chi connectivity index (χ4n) is 3.47. The summed E-state index contributed by atoms with van der Waals surface area (Å²) in [6.07, 6.45) is 4.58. The molecule has 0 aromatic heterocycles. The summed E-state index contributed by atoms with van der Waals surface area (Å²) in [4.78, 5) is 35.2. The zero-order valence-electron chi connectivity index (χ0n) is 16.3. The van der Waals surface area contributed by atoms with E-state index in [9.17, 15) is 19.5 Å². The van der Waals surface area contributed by atoms with Crippen LogP contribution in [0.2, 0.25) is 0 Å². The van der Waals surface area contributed by atoms with Crippen LogP contribution in [0, 0.1) is 12.3 Å². The van der Waals surface area contributed by atoms with Gasteiger partial charge in [-0.1, -0.05) is 48.5 Å². The SMILES string of the molecule is C#CCCC(=O)NCC(NC(=O)OCC1c2ccccc2-c2ccccc21)C(=O)O. The van der Waals surface area contributed by atoms with Crippen LogP contribution in [0.3, 0.4) is 0 Å². The number of carbonyl (C=O) groups excluding carboxylic acids is 2. The Morgan fingerprint density at radius 2 is 1.67 bits per heavy atom. The molecule has 0 spiro atoms. The number of hydrogen-bond donors (Lipinski definition) is 3. The van der Waals surface area contributed by atoms with Gasteiger partial charge < -0.3 is 20.5 Å². The maximum Gasteiger partial charge on any atom is 0.407 e. The van der Waals surface area contributed by atoms with Crippen LogP contribution in [-0.2, 0) is 14.3 Å². The molecule has 1 aliphatic carbocycles. The summed E-state index contributed by atoms with van der Waals surface area (Å²) in [7, 11) is 0. The topological polar surface area (TPSA) is 105 Å². The monoisotopic (exact) mass is 406 g/mol. The molecule has 2 amide bonds. The van der Waals surface area contributed by atoms with Crippen LogP contribution in [0.25, 0.3) is 11.1 Å². The number of fused-ring (bicyclic) bond motifs is 3. The van der Waals surface area contributed by atoms with Gasteiger partial charge in [0.2, 0.25) is 5.91 Å². The van der Waals surface area contributed by atoms with Crippen LogP contribution < -0.4 is 10.6 Å². The number of hydrogen-bond acceptors (Lipinski definition) is 4. The molecule has 0 saturated heterocycles. The highest BCUT2D eigenvalue weighted by atomic mass is 16.5. The summed E-state index contributed by atoms with van der Waals surface area (Å²) in [5.41, 5.74) is 4.31. The molecular weight excluding hydrogens is 384 g/mol. The van der Waals surface area contributed by atoms with Gasteiger partial charge in [-0.2, -0.15) is 0 Å². The molecule has 7 nitrogen and oxygen atoms in total. The van der Waals surface area contributed by atoms with E-state index in [0.29, 0.717) is 0 Å². The Labute approximate surface area is 174 Å². The van der Waals surface area contributed by atoms with Gasteiger partial charge in [-0.05, 0) is 22.3 Å². The van der Waals surface area contributed by atoms with Crippen LogP contribution in [0.5, 0.6) is 0 Å². The van der Waals surface area contributed by atoms with Crippen LogP contribution >= 0.6 is 0 Å². The number of aliphatic carboxylic acids is 1. The molecule has 2 aromatic rings. The van der Waals surface area contributed by atoms with E-state index >= 15 is 0 Å². The zero-order valence-corrected chi connectivity index (χ0v) is 16.3. The number of alkyl carbamates (subject to hydrolysis) is 1. The van der Waals surface area contributed by atoms with E-state index in [-0.39, 0.29) is 37.8 Å². The second-order valence-electron chi connectivity index (χ2n) is 6.87. The molecule has 1 atom stereocenters. The molecular formula is C23H22N2O5. The fraction of sp³-hybridized carbons (Fsp3) is 0.261. The minimum atomic E-state index is -1.31. The van der Waals surface area contributed by atoms with Crippen molar-refractivity contribution in [2.75, 3.05) is 13.2 Å². The first-order valence-electron chi connectivity index (χ1n) is 9.55. The van der Waals surface area contributed by atoms with Crippen LogP contribution in [0.15, 0.2) is 48.5 Å². The number of rotatable bonds is 8. The van der Waals surface area contributed by atoms with Gasteiger partial charge in [-0.3, -0.25) is 4.79 Å². The number of ether oxygens (including phenoxy) is 1. The van der Waals surface area contributed by atoms with Crippen LogP contribution in [0.1, 0.15) is 29.9 Å². The molecule has 154 valence electrons. The van der Waals surface area contributed by atoms with Crippen LogP contribution in [-0.4, -0.2) is 42.3 Å². The second-order valence-corrected chi connectivity index (χ2v) is 6.87. The van der Waals surface area contributed by atoms with Gasteiger partial charge in [0, 0.05) is 25.3 Å². The Hall–Kier alpha value is -3.79. The van der Waals surface area contributed by atoms with E-state index in [0.717, 1.165) is 22.3 Å². The summed E-state index contributed by atoms with van der Waals surface area (Å²) in [6.45, 7) is -0.191. The molecule has 7 heteroatoms. The molecule has 0 saturated carbocycles. The van der Waals surface area contributed by atoms with Crippen molar-refractivity contribution in [2.24, 2.45) is 0 Å². The van der Waals surface area contributed by atoms with E-state index in [4.69, 9.17) is 11.2 Å². The highest BCUT2D eigenvalue weighted by Crippen LogP contribution is 2.44. The Bertz CT molecular complexity index is 950. The Morgan fingerprint density at radius 3 is 2.23 bits per heavy atom. The molecule has 1 unspecified atom stereocenters. The number of carboxylic acids is 1. The Morgan fingerprint density at radius 1 is 1.07 bits per heavy atom. The van der Waals surface area contributed by atoms with E-state index in [2.05, 4.69) is 16.6 Å². The summed E-state index contributed by atoms with van der Waals surface area (Å²) in [5, 5.41) is 14.0. The lowest BCUT2D eigenvalue weighted by molar-refractivity contribution is -0.139. The maximum absolute atomic E-state index is 12.2. The lowest BCUT2D eigenvalue weighted by Gasteiger charge is -2.17. The Kier molecular flexibility index (Phi) is 6.71. The van der Waals surface area contributed by atoms with Gasteiger partial charge in [0.1, 0.15) is 12.6 Å². The van der Waals surface area contributed by atoms with E-state index in [1.807, 2.05) is 48.5 Å². The molecule has 0 aliphatic heterocycles. The molecule has 0 radical (unpaired) electrons. The summed E-state index contributed by atoms with van der Waals surface area (Å²) < 4.78 is 5.34. The van der Waals surface area contributed by atoms with Gasteiger partial charge in [0.05, 0.1) is 0 Å². The first-order chi connectivity index (χ1) is 14.5. The van der Waals surface area contributed by atoms with Crippen molar-refractivity contribution in [2.45, 2.75) is 24.8 Å². The quantitative estimate of drug-likeness (QED) is 0.585. The zero-order chi connectivity index (χ0) is 21.5. The molecule has 0 bridgehead atoms. The number of benzene rings is 2. The van der Waals surface area contributed by atoms with Crippen molar-refractivity contribution in [3.05, 3.63) is 59.7 Å². The number of nitrogens with one attached hydrogen (secondary N) is 2. The average Bonchev–Trinajstić information content (AvgIpc) is 3.07. The van der Waals surface area contributed by atoms with Crippen molar-refractivity contribution < 1.29 is 24.2 Å². The maximum atomic E-state index is 12.2. The van der Waals surface area contributed by atoms with Crippen molar-refractivity contribution in [1.29, 1.82) is 0 Å². The Balaban J connectivity index is 1.59. The number of amides is 2. The molecule has 0 fully saturated rings. The third-order valence-electron chi connectivity index (χ3n) is 4.93. The fourth-order valence-corrected chi connectivity index (χ4v) is 3.47. The standard InChI is InChI=1S/C23H22N2O5/c1-2-3-12-21(26)24-13-20(22(27)28)25-23(29)30-14-19-17-10-6-4-8-15(17)16-9-5-7-11-18(16)19/h1,4-11,19-20H,3,12-14H2,(H,24,26)(H,25,29)(H,27,28). The normalized spacial score (nSPS) is 12.8. The van der Waals surface area contributed by atoms with Gasteiger partial charge in [-0.15, -0.1) is 12.3 Å². The molecule has 1 aliphatic rings. The average molecular weight is 406 g/mol. The lowest BCUT2D eigenvalue weighted by Crippen LogP contribution is -2.48. The predicted octanol–water partition coefficient (Wildman–Crippen LogP) is 2.51. The highest BCUT2D eigenvalue weighted by Gasteiger charge is 2.29. The van der Waals surface area contributed by atoms with E-state index in [1.165, 1.54) is 0 Å². The first kappa shape index (κ1) is 20.9. The van der Waals surface area contributed by atoms with Crippen LogP contribution in [0.4, 0.5) is 4.79 Å². The lowest BCUT2D eigenvalue weighted by atomic mass is 9.98. The van der Waals surface area contributed by atoms with Crippen molar-refractivity contribution in [3.63, 3.8) is 0 Å². The van der Waals surface area contributed by atoms with Gasteiger partial charge in [0.15, 0.2) is 0 Å². The third kappa shape index (κ3) is 4.78. The predicted molar refractivity (Wildman–Crippen MR) is 111 cm³/mol. The van der Waals surface area contributed by atoms with Gasteiger partial charge in [0.25, 0.3) is 0 Å². The van der Waals surface area contributed by atoms with Gasteiger partial charge >= 0.3 is 12.1 Å². The smallest absolute Gasteiger partial charge is 0.407 e. The summed E-state index contributed by atoms with van der Waals surface area (Å²) >= 11 is 0. The minimum absolute atomic E-state index is 0.0702.